The zero-order chi connectivity index (χ0) is 24.1. The van der Waals surface area contributed by atoms with E-state index in [1.54, 1.807) is 72.9 Å². The van der Waals surface area contributed by atoms with Gasteiger partial charge in [0.05, 0.1) is 4.88 Å². The highest BCUT2D eigenvalue weighted by Gasteiger charge is 2.24. The molecule has 0 bridgehead atoms. The van der Waals surface area contributed by atoms with Gasteiger partial charge in [0.2, 0.25) is 0 Å². The van der Waals surface area contributed by atoms with E-state index in [9.17, 15) is 19.2 Å². The number of carboxylic acids is 1. The number of rotatable bonds is 7. The fourth-order valence-electron chi connectivity index (χ4n) is 3.28. The van der Waals surface area contributed by atoms with Crippen LogP contribution in [0.2, 0.25) is 0 Å². The molecule has 0 spiro atoms. The Balaban J connectivity index is 1.54. The minimum absolute atomic E-state index is 0.0310. The molecule has 34 heavy (non-hydrogen) atoms. The number of benzene rings is 2. The van der Waals surface area contributed by atoms with Crippen LogP contribution in [-0.2, 0) is 4.79 Å². The number of amides is 2. The molecule has 0 saturated heterocycles. The minimum Gasteiger partial charge on any atom is -0.477 e. The van der Waals surface area contributed by atoms with Crippen molar-refractivity contribution in [3.05, 3.63) is 117 Å². The van der Waals surface area contributed by atoms with E-state index in [-0.39, 0.29) is 15.3 Å². The molecule has 0 aliphatic carbocycles. The van der Waals surface area contributed by atoms with Crippen LogP contribution in [0.15, 0.2) is 95.9 Å². The van der Waals surface area contributed by atoms with E-state index in [0.717, 1.165) is 11.3 Å². The highest BCUT2D eigenvalue weighted by molar-refractivity contribution is 7.15. The number of anilines is 1. The third-order valence-corrected chi connectivity index (χ3v) is 6.02. The van der Waals surface area contributed by atoms with Crippen molar-refractivity contribution in [3.63, 3.8) is 0 Å². The van der Waals surface area contributed by atoms with Gasteiger partial charge in [-0.2, -0.15) is 0 Å². The van der Waals surface area contributed by atoms with E-state index in [0.29, 0.717) is 16.9 Å². The van der Waals surface area contributed by atoms with Gasteiger partial charge in [0.25, 0.3) is 17.4 Å². The second kappa shape index (κ2) is 9.97. The number of carboxylic acid groups (broad SMARTS) is 1. The number of nitrogens with zero attached hydrogens (tertiary/aromatic N) is 1. The average molecular weight is 474 g/mol. The molecule has 0 saturated carbocycles. The summed E-state index contributed by atoms with van der Waals surface area (Å²) >= 11 is 0.831. The van der Waals surface area contributed by atoms with Crippen molar-refractivity contribution in [2.45, 2.75) is 6.04 Å². The van der Waals surface area contributed by atoms with E-state index in [2.05, 4.69) is 10.6 Å². The Morgan fingerprint density at radius 1 is 0.824 bits per heavy atom. The second-order valence-electron chi connectivity index (χ2n) is 7.23. The standard InChI is InChI=1S/C25H19N3O5S/c29-21-8-4-5-15-28(21)18-11-9-17(10-12-18)26-24(31)22(16-6-2-1-3-7-16)27-23(30)19-13-14-20(34-19)25(32)33/h1-15,22H,(H,26,31)(H,27,30)(H,32,33). The zero-order valence-corrected chi connectivity index (χ0v) is 18.5. The first-order valence-electron chi connectivity index (χ1n) is 10.2. The number of carbonyl (C=O) groups excluding carboxylic acids is 2. The van der Waals surface area contributed by atoms with E-state index in [4.69, 9.17) is 5.11 Å². The van der Waals surface area contributed by atoms with Crippen LogP contribution in [0, 0.1) is 0 Å². The number of aromatic carboxylic acids is 1. The Kier molecular flexibility index (Phi) is 6.65. The third-order valence-electron chi connectivity index (χ3n) is 4.95. The van der Waals surface area contributed by atoms with Crippen molar-refractivity contribution >= 4 is 34.8 Å². The number of hydrogen-bond donors (Lipinski definition) is 3. The second-order valence-corrected chi connectivity index (χ2v) is 8.31. The zero-order valence-electron chi connectivity index (χ0n) is 17.7. The Morgan fingerprint density at radius 3 is 2.15 bits per heavy atom. The SMILES string of the molecule is O=C(O)c1ccc(C(=O)NC(C(=O)Nc2ccc(-n3ccccc3=O)cc2)c2ccccc2)s1. The van der Waals surface area contributed by atoms with E-state index in [1.165, 1.54) is 22.8 Å². The summed E-state index contributed by atoms with van der Waals surface area (Å²) in [6.07, 6.45) is 1.65. The van der Waals surface area contributed by atoms with Gasteiger partial charge < -0.3 is 15.7 Å². The molecule has 1 atom stereocenters. The molecule has 1 unspecified atom stereocenters. The Labute approximate surface area is 198 Å². The van der Waals surface area contributed by atoms with Crippen LogP contribution >= 0.6 is 11.3 Å². The Morgan fingerprint density at radius 2 is 1.50 bits per heavy atom. The smallest absolute Gasteiger partial charge is 0.345 e. The van der Waals surface area contributed by atoms with Gasteiger partial charge in [-0.25, -0.2) is 4.79 Å². The largest absolute Gasteiger partial charge is 0.477 e. The molecular formula is C25H19N3O5S. The molecule has 8 nitrogen and oxygen atoms in total. The topological polar surface area (TPSA) is 118 Å². The van der Waals surface area contributed by atoms with Crippen molar-refractivity contribution in [3.8, 4) is 5.69 Å². The van der Waals surface area contributed by atoms with Crippen molar-refractivity contribution in [2.75, 3.05) is 5.32 Å². The normalized spacial score (nSPS) is 11.4. The van der Waals surface area contributed by atoms with Gasteiger partial charge in [0.1, 0.15) is 10.9 Å². The van der Waals surface area contributed by atoms with Gasteiger partial charge in [-0.3, -0.25) is 19.0 Å². The summed E-state index contributed by atoms with van der Waals surface area (Å²) in [4.78, 5) is 49.2. The number of hydrogen-bond acceptors (Lipinski definition) is 5. The summed E-state index contributed by atoms with van der Waals surface area (Å²) in [6, 6.07) is 22.1. The average Bonchev–Trinajstić information content (AvgIpc) is 3.35. The van der Waals surface area contributed by atoms with Crippen molar-refractivity contribution in [2.24, 2.45) is 0 Å². The monoisotopic (exact) mass is 473 g/mol. The lowest BCUT2D eigenvalue weighted by Crippen LogP contribution is -2.36. The van der Waals surface area contributed by atoms with Crippen molar-refractivity contribution in [1.82, 2.24) is 9.88 Å². The van der Waals surface area contributed by atoms with E-state index < -0.39 is 23.8 Å². The summed E-state index contributed by atoms with van der Waals surface area (Å²) in [5.74, 6) is -2.15. The van der Waals surface area contributed by atoms with Gasteiger partial charge >= 0.3 is 5.97 Å². The van der Waals surface area contributed by atoms with Crippen LogP contribution in [-0.4, -0.2) is 27.5 Å². The molecule has 0 aliphatic rings. The summed E-state index contributed by atoms with van der Waals surface area (Å²) in [7, 11) is 0. The molecule has 0 aliphatic heterocycles. The summed E-state index contributed by atoms with van der Waals surface area (Å²) in [5, 5.41) is 14.6. The van der Waals surface area contributed by atoms with Crippen LogP contribution in [0.1, 0.15) is 30.9 Å². The number of thiophene rings is 1. The number of aromatic nitrogens is 1. The summed E-state index contributed by atoms with van der Waals surface area (Å²) in [6.45, 7) is 0. The molecule has 4 rings (SSSR count). The maximum atomic E-state index is 13.1. The maximum absolute atomic E-state index is 13.1. The molecule has 2 heterocycles. The lowest BCUT2D eigenvalue weighted by molar-refractivity contribution is -0.118. The predicted molar refractivity (Wildman–Crippen MR) is 129 cm³/mol. The molecule has 2 aromatic heterocycles. The van der Waals surface area contributed by atoms with Crippen molar-refractivity contribution < 1.29 is 19.5 Å². The molecule has 4 aromatic rings. The molecule has 170 valence electrons. The fourth-order valence-corrected chi connectivity index (χ4v) is 4.03. The van der Waals surface area contributed by atoms with Crippen LogP contribution < -0.4 is 16.2 Å². The molecule has 3 N–H and O–H groups in total. The van der Waals surface area contributed by atoms with Gasteiger partial charge in [0.15, 0.2) is 0 Å². The summed E-state index contributed by atoms with van der Waals surface area (Å²) < 4.78 is 1.48. The fraction of sp³-hybridized carbons (Fsp3) is 0.0400. The molecule has 2 amide bonds. The van der Waals surface area contributed by atoms with Gasteiger partial charge in [-0.15, -0.1) is 11.3 Å². The lowest BCUT2D eigenvalue weighted by atomic mass is 10.1. The van der Waals surface area contributed by atoms with Gasteiger partial charge in [-0.1, -0.05) is 36.4 Å². The van der Waals surface area contributed by atoms with Crippen LogP contribution in [0.25, 0.3) is 5.69 Å². The number of nitrogens with one attached hydrogen (secondary N) is 2. The highest BCUT2D eigenvalue weighted by Crippen LogP contribution is 2.21. The molecule has 9 heteroatoms. The molecule has 2 aromatic carbocycles. The molecule has 0 radical (unpaired) electrons. The van der Waals surface area contributed by atoms with Crippen LogP contribution in [0.5, 0.6) is 0 Å². The predicted octanol–water partition coefficient (Wildman–Crippen LogP) is 3.71. The van der Waals surface area contributed by atoms with E-state index in [1.807, 2.05) is 0 Å². The minimum atomic E-state index is -1.12. The quantitative estimate of drug-likeness (QED) is 0.378. The first kappa shape index (κ1) is 22.7. The van der Waals surface area contributed by atoms with Gasteiger partial charge in [0, 0.05) is 23.6 Å². The maximum Gasteiger partial charge on any atom is 0.345 e. The highest BCUT2D eigenvalue weighted by atomic mass is 32.1. The first-order chi connectivity index (χ1) is 16.4. The Hall–Kier alpha value is -4.50. The van der Waals surface area contributed by atoms with Crippen LogP contribution in [0.3, 0.4) is 0 Å². The number of carbonyl (C=O) groups is 3. The lowest BCUT2D eigenvalue weighted by Gasteiger charge is -2.19. The van der Waals surface area contributed by atoms with Crippen LogP contribution in [0.4, 0.5) is 5.69 Å². The number of pyridine rings is 1. The molecular weight excluding hydrogens is 454 g/mol. The van der Waals surface area contributed by atoms with Crippen molar-refractivity contribution in [1.29, 1.82) is 0 Å². The first-order valence-corrected chi connectivity index (χ1v) is 11.0. The molecule has 0 fully saturated rings. The summed E-state index contributed by atoms with van der Waals surface area (Å²) in [5.41, 5.74) is 1.52. The van der Waals surface area contributed by atoms with Gasteiger partial charge in [-0.05, 0) is 48.0 Å². The van der Waals surface area contributed by atoms with E-state index >= 15 is 0 Å². The third kappa shape index (κ3) is 5.11. The Bertz CT molecular complexity index is 1390.